The number of amides is 1. The van der Waals surface area contributed by atoms with E-state index in [1.807, 2.05) is 24.3 Å². The van der Waals surface area contributed by atoms with Crippen LogP contribution in [0.25, 0.3) is 0 Å². The van der Waals surface area contributed by atoms with Crippen LogP contribution in [-0.2, 0) is 16.1 Å². The van der Waals surface area contributed by atoms with Gasteiger partial charge in [0.05, 0.1) is 13.2 Å². The molecule has 4 nitrogen and oxygen atoms in total. The smallest absolute Gasteiger partial charge is 0.242 e. The van der Waals surface area contributed by atoms with Gasteiger partial charge in [0.1, 0.15) is 6.04 Å². The number of nitrogens with one attached hydrogen (secondary N) is 1. The molecule has 1 aromatic rings. The monoisotopic (exact) mass is 304 g/mol. The predicted octanol–water partition coefficient (Wildman–Crippen LogP) is 1.71. The molecule has 1 aromatic carbocycles. The molecule has 1 aliphatic heterocycles. The molecule has 106 valence electrons. The fraction of sp³-hybridized carbons (Fsp3) is 0.462. The van der Waals surface area contributed by atoms with Crippen LogP contribution in [0.4, 0.5) is 0 Å². The molecule has 0 spiro atoms. The van der Waals surface area contributed by atoms with Gasteiger partial charge in [0.2, 0.25) is 5.91 Å². The first-order valence-corrected chi connectivity index (χ1v) is 6.35. The Labute approximate surface area is 124 Å². The Hall–Kier alpha value is -0.810. The molecule has 19 heavy (non-hydrogen) atoms. The molecule has 0 aliphatic carbocycles. The first-order valence-electron chi connectivity index (χ1n) is 5.97. The molecule has 0 saturated carbocycles. The van der Waals surface area contributed by atoms with E-state index in [-0.39, 0.29) is 24.4 Å². The molecule has 1 amide bonds. The molecule has 2 rings (SSSR count). The van der Waals surface area contributed by atoms with Crippen LogP contribution in [0, 0.1) is 0 Å². The lowest BCUT2D eigenvalue weighted by molar-refractivity contribution is -0.135. The zero-order valence-corrected chi connectivity index (χ0v) is 12.3. The van der Waals surface area contributed by atoms with E-state index in [0.29, 0.717) is 24.8 Å². The van der Waals surface area contributed by atoms with Gasteiger partial charge in [0.25, 0.3) is 0 Å². The second kappa shape index (κ2) is 7.70. The van der Waals surface area contributed by atoms with E-state index in [1.165, 1.54) is 0 Å². The number of nitrogens with zero attached hydrogens (tertiary/aromatic N) is 1. The first kappa shape index (κ1) is 16.2. The summed E-state index contributed by atoms with van der Waals surface area (Å²) >= 11 is 5.83. The van der Waals surface area contributed by atoms with Gasteiger partial charge in [-0.1, -0.05) is 23.7 Å². The number of benzene rings is 1. The zero-order chi connectivity index (χ0) is 13.0. The van der Waals surface area contributed by atoms with Crippen molar-refractivity contribution in [3.05, 3.63) is 34.9 Å². The molecule has 1 heterocycles. The van der Waals surface area contributed by atoms with Gasteiger partial charge < -0.3 is 15.0 Å². The molecule has 6 heteroatoms. The van der Waals surface area contributed by atoms with Crippen molar-refractivity contribution in [2.75, 3.05) is 26.8 Å². The lowest BCUT2D eigenvalue weighted by Gasteiger charge is -2.27. The van der Waals surface area contributed by atoms with Gasteiger partial charge in [-0.05, 0) is 17.7 Å². The molecule has 1 atom stereocenters. The van der Waals surface area contributed by atoms with Crippen LogP contribution in [0.1, 0.15) is 5.56 Å². The van der Waals surface area contributed by atoms with E-state index in [0.717, 1.165) is 12.1 Å². The van der Waals surface area contributed by atoms with E-state index in [4.69, 9.17) is 16.3 Å². The highest BCUT2D eigenvalue weighted by Gasteiger charge is 2.24. The molecule has 1 saturated heterocycles. The summed E-state index contributed by atoms with van der Waals surface area (Å²) in [4.78, 5) is 13.8. The summed E-state index contributed by atoms with van der Waals surface area (Å²) < 4.78 is 5.29. The van der Waals surface area contributed by atoms with Gasteiger partial charge in [-0.2, -0.15) is 0 Å². The minimum absolute atomic E-state index is 0. The van der Waals surface area contributed by atoms with Crippen LogP contribution in [0.15, 0.2) is 24.3 Å². The van der Waals surface area contributed by atoms with Crippen LogP contribution in [0.3, 0.4) is 0 Å². The van der Waals surface area contributed by atoms with Crippen LogP contribution >= 0.6 is 24.0 Å². The van der Waals surface area contributed by atoms with Crippen LogP contribution in [0.5, 0.6) is 0 Å². The molecule has 1 unspecified atom stereocenters. The number of carbonyl (C=O) groups excluding carboxylic acids is 1. The number of halogens is 2. The molecule has 1 N–H and O–H groups in total. The van der Waals surface area contributed by atoms with Crippen molar-refractivity contribution in [2.45, 2.75) is 12.6 Å². The second-order valence-electron chi connectivity index (χ2n) is 4.40. The maximum absolute atomic E-state index is 12.1. The van der Waals surface area contributed by atoms with Crippen molar-refractivity contribution in [3.8, 4) is 0 Å². The van der Waals surface area contributed by atoms with E-state index >= 15 is 0 Å². The summed E-state index contributed by atoms with van der Waals surface area (Å²) in [6, 6.07) is 7.29. The van der Waals surface area contributed by atoms with Crippen molar-refractivity contribution < 1.29 is 9.53 Å². The van der Waals surface area contributed by atoms with E-state index < -0.39 is 0 Å². The normalized spacial score (nSPS) is 18.5. The van der Waals surface area contributed by atoms with E-state index in [1.54, 1.807) is 11.9 Å². The highest BCUT2D eigenvalue weighted by Crippen LogP contribution is 2.11. The minimum atomic E-state index is -0.226. The molecule has 1 fully saturated rings. The average Bonchev–Trinajstić information content (AvgIpc) is 2.41. The fourth-order valence-electron chi connectivity index (χ4n) is 1.93. The second-order valence-corrected chi connectivity index (χ2v) is 4.84. The van der Waals surface area contributed by atoms with Gasteiger partial charge in [0.15, 0.2) is 0 Å². The van der Waals surface area contributed by atoms with Crippen molar-refractivity contribution in [1.82, 2.24) is 10.2 Å². The van der Waals surface area contributed by atoms with Crippen LogP contribution < -0.4 is 5.32 Å². The quantitative estimate of drug-likeness (QED) is 0.924. The summed E-state index contributed by atoms with van der Waals surface area (Å²) in [5.74, 6) is 0.0599. The molecule has 0 radical (unpaired) electrons. The number of rotatable bonds is 3. The third kappa shape index (κ3) is 4.66. The highest BCUT2D eigenvalue weighted by molar-refractivity contribution is 6.30. The summed E-state index contributed by atoms with van der Waals surface area (Å²) in [7, 11) is 1.80. The molecule has 0 aromatic heterocycles. The first-order chi connectivity index (χ1) is 8.66. The maximum atomic E-state index is 12.1. The minimum Gasteiger partial charge on any atom is -0.378 e. The summed E-state index contributed by atoms with van der Waals surface area (Å²) in [5.41, 5.74) is 1.06. The lowest BCUT2D eigenvalue weighted by atomic mass is 10.2. The number of hydrogen-bond acceptors (Lipinski definition) is 3. The Kier molecular flexibility index (Phi) is 6.58. The largest absolute Gasteiger partial charge is 0.378 e. The summed E-state index contributed by atoms with van der Waals surface area (Å²) in [5, 5.41) is 3.86. The Morgan fingerprint density at radius 2 is 2.16 bits per heavy atom. The SMILES string of the molecule is CN(Cc1ccc(Cl)cc1)C(=O)C1COCCN1.Cl. The number of likely N-dealkylation sites (N-methyl/N-ethyl adjacent to an activating group) is 1. The number of hydrogen-bond donors (Lipinski definition) is 1. The molecular weight excluding hydrogens is 287 g/mol. The predicted molar refractivity (Wildman–Crippen MR) is 77.8 cm³/mol. The lowest BCUT2D eigenvalue weighted by Crippen LogP contribution is -2.51. The Morgan fingerprint density at radius 1 is 1.47 bits per heavy atom. The number of morpholine rings is 1. The van der Waals surface area contributed by atoms with Crippen LogP contribution in [0.2, 0.25) is 5.02 Å². The summed E-state index contributed by atoms with van der Waals surface area (Å²) in [6.07, 6.45) is 0. The van der Waals surface area contributed by atoms with Crippen molar-refractivity contribution >= 4 is 29.9 Å². The van der Waals surface area contributed by atoms with E-state index in [2.05, 4.69) is 5.32 Å². The Bertz CT molecular complexity index is 406. The standard InChI is InChI=1S/C13H17ClN2O2.ClH/c1-16(8-10-2-4-11(14)5-3-10)13(17)12-9-18-7-6-15-12;/h2-5,12,15H,6-9H2,1H3;1H. The Balaban J connectivity index is 0.00000180. The summed E-state index contributed by atoms with van der Waals surface area (Å²) in [6.45, 7) is 2.42. The third-order valence-corrected chi connectivity index (χ3v) is 3.18. The van der Waals surface area contributed by atoms with Gasteiger partial charge in [-0.25, -0.2) is 0 Å². The fourth-order valence-corrected chi connectivity index (χ4v) is 2.06. The highest BCUT2D eigenvalue weighted by atomic mass is 35.5. The van der Waals surface area contributed by atoms with Gasteiger partial charge in [-0.15, -0.1) is 12.4 Å². The van der Waals surface area contributed by atoms with Crippen molar-refractivity contribution in [1.29, 1.82) is 0 Å². The number of ether oxygens (including phenoxy) is 1. The Morgan fingerprint density at radius 3 is 2.74 bits per heavy atom. The van der Waals surface area contributed by atoms with Gasteiger partial charge in [0, 0.05) is 25.2 Å². The molecule has 0 bridgehead atoms. The average molecular weight is 305 g/mol. The molecule has 1 aliphatic rings. The van der Waals surface area contributed by atoms with Gasteiger partial charge in [-0.3, -0.25) is 4.79 Å². The third-order valence-electron chi connectivity index (χ3n) is 2.93. The van der Waals surface area contributed by atoms with E-state index in [9.17, 15) is 4.79 Å². The zero-order valence-electron chi connectivity index (χ0n) is 10.8. The maximum Gasteiger partial charge on any atom is 0.242 e. The molecular formula is C13H18Cl2N2O2. The van der Waals surface area contributed by atoms with Crippen LogP contribution in [-0.4, -0.2) is 43.7 Å². The number of carbonyl (C=O) groups is 1. The van der Waals surface area contributed by atoms with Gasteiger partial charge >= 0.3 is 0 Å². The van der Waals surface area contributed by atoms with Crippen molar-refractivity contribution in [3.63, 3.8) is 0 Å². The van der Waals surface area contributed by atoms with Crippen molar-refractivity contribution in [2.24, 2.45) is 0 Å². The topological polar surface area (TPSA) is 41.6 Å².